The minimum absolute atomic E-state index is 0.474. The van der Waals surface area contributed by atoms with Crippen molar-refractivity contribution < 1.29 is 0 Å². The van der Waals surface area contributed by atoms with Crippen LogP contribution in [-0.2, 0) is 6.54 Å². The fourth-order valence-corrected chi connectivity index (χ4v) is 1.54. The largest absolute Gasteiger partial charge is 0.382 e. The maximum absolute atomic E-state index is 5.52. The van der Waals surface area contributed by atoms with Gasteiger partial charge in [0.1, 0.15) is 11.5 Å². The summed E-state index contributed by atoms with van der Waals surface area (Å²) >= 11 is 0. The van der Waals surface area contributed by atoms with E-state index in [1.54, 1.807) is 6.07 Å². The molecule has 15 heavy (non-hydrogen) atoms. The Balaban J connectivity index is 1.82. The second kappa shape index (κ2) is 3.08. The average Bonchev–Trinajstić information content (AvgIpc) is 2.74. The minimum Gasteiger partial charge on any atom is -0.382 e. The molecule has 0 amide bonds. The number of hydrogen-bond donors (Lipinski definition) is 2. The third kappa shape index (κ3) is 1.70. The Morgan fingerprint density at radius 1 is 1.53 bits per heavy atom. The fourth-order valence-electron chi connectivity index (χ4n) is 1.54. The number of anilines is 1. The molecule has 0 aromatic carbocycles. The van der Waals surface area contributed by atoms with Crippen LogP contribution in [0.4, 0.5) is 5.82 Å². The molecular weight excluding hydrogens is 192 g/mol. The number of H-pyrrole nitrogens is 1. The SMILES string of the molecule is Nc1cc(-c2cn(CC3CC3)nn2)[nH]n1. The van der Waals surface area contributed by atoms with Crippen molar-refractivity contribution in [2.45, 2.75) is 19.4 Å². The summed E-state index contributed by atoms with van der Waals surface area (Å²) < 4.78 is 1.88. The number of aromatic amines is 1. The molecule has 1 fully saturated rings. The van der Waals surface area contributed by atoms with Crippen LogP contribution in [-0.4, -0.2) is 25.2 Å². The van der Waals surface area contributed by atoms with Gasteiger partial charge < -0.3 is 5.73 Å². The lowest BCUT2D eigenvalue weighted by atomic mass is 10.3. The third-order valence-corrected chi connectivity index (χ3v) is 2.55. The molecule has 78 valence electrons. The van der Waals surface area contributed by atoms with Crippen LogP contribution < -0.4 is 5.73 Å². The van der Waals surface area contributed by atoms with Gasteiger partial charge in [-0.15, -0.1) is 5.10 Å². The summed E-state index contributed by atoms with van der Waals surface area (Å²) in [6.07, 6.45) is 4.55. The van der Waals surface area contributed by atoms with Gasteiger partial charge in [0.25, 0.3) is 0 Å². The molecule has 6 nitrogen and oxygen atoms in total. The van der Waals surface area contributed by atoms with Gasteiger partial charge in [-0.25, -0.2) is 0 Å². The second-order valence-electron chi connectivity index (χ2n) is 3.98. The lowest BCUT2D eigenvalue weighted by Gasteiger charge is -1.93. The van der Waals surface area contributed by atoms with Crippen molar-refractivity contribution in [3.63, 3.8) is 0 Å². The standard InChI is InChI=1S/C9H12N6/c10-9-3-7(11-13-9)8-5-15(14-12-8)4-6-1-2-6/h3,5-6H,1-2,4H2,(H3,10,11,13). The Labute approximate surface area is 86.5 Å². The molecule has 1 saturated carbocycles. The van der Waals surface area contributed by atoms with Crippen LogP contribution >= 0.6 is 0 Å². The van der Waals surface area contributed by atoms with Gasteiger partial charge >= 0.3 is 0 Å². The fraction of sp³-hybridized carbons (Fsp3) is 0.444. The molecule has 0 unspecified atom stereocenters. The van der Waals surface area contributed by atoms with Gasteiger partial charge in [-0.2, -0.15) is 5.10 Å². The molecule has 3 N–H and O–H groups in total. The zero-order chi connectivity index (χ0) is 10.3. The Kier molecular flexibility index (Phi) is 1.74. The van der Waals surface area contributed by atoms with Gasteiger partial charge in [0.15, 0.2) is 0 Å². The lowest BCUT2D eigenvalue weighted by molar-refractivity contribution is 0.544. The van der Waals surface area contributed by atoms with E-state index in [1.807, 2.05) is 10.9 Å². The molecule has 3 rings (SSSR count). The van der Waals surface area contributed by atoms with Crippen LogP contribution in [0.25, 0.3) is 11.4 Å². The van der Waals surface area contributed by atoms with E-state index >= 15 is 0 Å². The molecule has 0 radical (unpaired) electrons. The third-order valence-electron chi connectivity index (χ3n) is 2.55. The molecule has 6 heteroatoms. The molecule has 0 bridgehead atoms. The van der Waals surface area contributed by atoms with Crippen molar-refractivity contribution in [1.82, 2.24) is 25.2 Å². The smallest absolute Gasteiger partial charge is 0.145 e. The molecule has 1 aliphatic carbocycles. The van der Waals surface area contributed by atoms with Gasteiger partial charge in [-0.3, -0.25) is 9.78 Å². The normalized spacial score (nSPS) is 15.7. The van der Waals surface area contributed by atoms with E-state index in [2.05, 4.69) is 20.5 Å². The number of rotatable bonds is 3. The predicted molar refractivity (Wildman–Crippen MR) is 54.7 cm³/mol. The lowest BCUT2D eigenvalue weighted by Crippen LogP contribution is -1.99. The summed E-state index contributed by atoms with van der Waals surface area (Å²) in [6.45, 7) is 0.969. The molecule has 0 saturated heterocycles. The summed E-state index contributed by atoms with van der Waals surface area (Å²) in [7, 11) is 0. The van der Waals surface area contributed by atoms with Crippen LogP contribution in [0, 0.1) is 5.92 Å². The van der Waals surface area contributed by atoms with E-state index in [-0.39, 0.29) is 0 Å². The van der Waals surface area contributed by atoms with Crippen molar-refractivity contribution in [2.75, 3.05) is 5.73 Å². The first-order valence-corrected chi connectivity index (χ1v) is 5.02. The molecule has 2 aromatic rings. The number of nitrogens with zero attached hydrogens (tertiary/aromatic N) is 4. The highest BCUT2D eigenvalue weighted by molar-refractivity contribution is 5.56. The highest BCUT2D eigenvalue weighted by atomic mass is 15.4. The molecule has 2 heterocycles. The van der Waals surface area contributed by atoms with E-state index in [9.17, 15) is 0 Å². The van der Waals surface area contributed by atoms with Crippen molar-refractivity contribution in [1.29, 1.82) is 0 Å². The first-order valence-electron chi connectivity index (χ1n) is 5.02. The summed E-state index contributed by atoms with van der Waals surface area (Å²) in [4.78, 5) is 0. The Bertz CT molecular complexity index is 466. The van der Waals surface area contributed by atoms with Crippen LogP contribution in [0.5, 0.6) is 0 Å². The summed E-state index contributed by atoms with van der Waals surface area (Å²) in [5.74, 6) is 1.27. The minimum atomic E-state index is 0.474. The maximum atomic E-state index is 5.52. The summed E-state index contributed by atoms with van der Waals surface area (Å²) in [5, 5.41) is 14.8. The number of aromatic nitrogens is 5. The quantitative estimate of drug-likeness (QED) is 0.769. The number of hydrogen-bond acceptors (Lipinski definition) is 4. The van der Waals surface area contributed by atoms with Crippen LogP contribution in [0.2, 0.25) is 0 Å². The van der Waals surface area contributed by atoms with Crippen LogP contribution in [0.15, 0.2) is 12.3 Å². The van der Waals surface area contributed by atoms with Crippen molar-refractivity contribution >= 4 is 5.82 Å². The van der Waals surface area contributed by atoms with Gasteiger partial charge in [0, 0.05) is 12.6 Å². The number of nitrogen functional groups attached to an aromatic ring is 1. The predicted octanol–water partition coefficient (Wildman–Crippen LogP) is 0.660. The number of nitrogens with two attached hydrogens (primary N) is 1. The molecular formula is C9H12N6. The first-order chi connectivity index (χ1) is 7.31. The Morgan fingerprint density at radius 2 is 2.40 bits per heavy atom. The maximum Gasteiger partial charge on any atom is 0.145 e. The van der Waals surface area contributed by atoms with E-state index in [0.717, 1.165) is 23.9 Å². The summed E-state index contributed by atoms with van der Waals surface area (Å²) in [5.41, 5.74) is 7.12. The zero-order valence-corrected chi connectivity index (χ0v) is 8.22. The highest BCUT2D eigenvalue weighted by Gasteiger charge is 2.22. The average molecular weight is 204 g/mol. The summed E-state index contributed by atoms with van der Waals surface area (Å²) in [6, 6.07) is 1.76. The second-order valence-corrected chi connectivity index (χ2v) is 3.98. The number of nitrogens with one attached hydrogen (secondary N) is 1. The van der Waals surface area contributed by atoms with Crippen LogP contribution in [0.3, 0.4) is 0 Å². The van der Waals surface area contributed by atoms with E-state index in [4.69, 9.17) is 5.73 Å². The molecule has 2 aromatic heterocycles. The van der Waals surface area contributed by atoms with Gasteiger partial charge in [-0.05, 0) is 18.8 Å². The van der Waals surface area contributed by atoms with Gasteiger partial charge in [0.05, 0.1) is 11.9 Å². The molecule has 0 aliphatic heterocycles. The van der Waals surface area contributed by atoms with Gasteiger partial charge in [0.2, 0.25) is 0 Å². The highest BCUT2D eigenvalue weighted by Crippen LogP contribution is 2.30. The van der Waals surface area contributed by atoms with Crippen molar-refractivity contribution in [3.05, 3.63) is 12.3 Å². The topological polar surface area (TPSA) is 85.4 Å². The molecule has 1 aliphatic rings. The zero-order valence-electron chi connectivity index (χ0n) is 8.22. The van der Waals surface area contributed by atoms with Gasteiger partial charge in [-0.1, -0.05) is 5.21 Å². The van der Waals surface area contributed by atoms with Crippen LogP contribution in [0.1, 0.15) is 12.8 Å². The molecule has 0 atom stereocenters. The first kappa shape index (κ1) is 8.46. The Hall–Kier alpha value is -1.85. The van der Waals surface area contributed by atoms with E-state index < -0.39 is 0 Å². The Morgan fingerprint density at radius 3 is 3.07 bits per heavy atom. The van der Waals surface area contributed by atoms with Crippen molar-refractivity contribution in [2.24, 2.45) is 5.92 Å². The van der Waals surface area contributed by atoms with E-state index in [0.29, 0.717) is 5.82 Å². The molecule has 0 spiro atoms. The van der Waals surface area contributed by atoms with Crippen molar-refractivity contribution in [3.8, 4) is 11.4 Å². The van der Waals surface area contributed by atoms with E-state index in [1.165, 1.54) is 12.8 Å². The monoisotopic (exact) mass is 204 g/mol.